The Morgan fingerprint density at radius 2 is 0.627 bits per heavy atom. The van der Waals surface area contributed by atoms with Crippen molar-refractivity contribution in [1.29, 1.82) is 0 Å². The summed E-state index contributed by atoms with van der Waals surface area (Å²) in [6.45, 7) is 3.51. The zero-order valence-electron chi connectivity index (χ0n) is 52.9. The molecule has 0 saturated heterocycles. The molecule has 0 heterocycles. The molecule has 0 fully saturated rings. The molecule has 0 aliphatic rings. The summed E-state index contributed by atoms with van der Waals surface area (Å²) in [6, 6.07) is 0. The van der Waals surface area contributed by atoms with Crippen LogP contribution in [0, 0.1) is 0 Å². The van der Waals surface area contributed by atoms with Crippen molar-refractivity contribution in [2.45, 2.75) is 277 Å². The Balaban J connectivity index is 3.97. The van der Waals surface area contributed by atoms with E-state index in [1.54, 1.807) is 0 Å². The Morgan fingerprint density at radius 3 is 0.928 bits per heavy atom. The number of unbranched alkanes of at least 4 members (excludes halogenated alkanes) is 24. The van der Waals surface area contributed by atoms with E-state index in [4.69, 9.17) is 24.3 Å². The minimum absolute atomic E-state index is 0.0456. The summed E-state index contributed by atoms with van der Waals surface area (Å²) in [5, 5.41) is 0. The zero-order chi connectivity index (χ0) is 60.1. The molecule has 0 rings (SSSR count). The Hall–Kier alpha value is -4.11. The van der Waals surface area contributed by atoms with Crippen LogP contribution >= 0.6 is 7.82 Å². The first-order valence-electron chi connectivity index (χ1n) is 33.3. The van der Waals surface area contributed by atoms with E-state index in [9.17, 15) is 19.0 Å². The summed E-state index contributed by atoms with van der Waals surface area (Å²) in [7, 11) is -4.40. The van der Waals surface area contributed by atoms with Crippen molar-refractivity contribution in [3.8, 4) is 0 Å². The van der Waals surface area contributed by atoms with E-state index in [2.05, 4.69) is 160 Å². The zero-order valence-corrected chi connectivity index (χ0v) is 53.8. The molecular weight excluding hydrogens is 1050 g/mol. The average Bonchev–Trinajstić information content (AvgIpc) is 3.49. The fourth-order valence-electron chi connectivity index (χ4n) is 8.88. The van der Waals surface area contributed by atoms with Crippen LogP contribution in [0.15, 0.2) is 146 Å². The number of carbonyl (C=O) groups excluding carboxylic acids is 2. The van der Waals surface area contributed by atoms with Crippen LogP contribution in [0.2, 0.25) is 0 Å². The second-order valence-corrected chi connectivity index (χ2v) is 23.0. The Morgan fingerprint density at radius 1 is 0.361 bits per heavy atom. The van der Waals surface area contributed by atoms with Crippen molar-refractivity contribution < 1.29 is 37.6 Å². The lowest BCUT2D eigenvalue weighted by atomic mass is 10.0. The first-order valence-corrected chi connectivity index (χ1v) is 34.8. The van der Waals surface area contributed by atoms with Crippen molar-refractivity contribution in [3.63, 3.8) is 0 Å². The highest BCUT2D eigenvalue weighted by molar-refractivity contribution is 7.47. The SMILES string of the molecule is CC/C=C\C/C=C\C/C=C\C/C=C\C/C=C\C/C=C\C/C=C\C/C=C\CCCCCCCCCCC(=O)OC(COC(=O)CCCCCCCCCCCCCCCCCC/C=C\C/C=C\C/C=C\C/C=C\CC)COP(=O)(O)OCCN. The molecule has 9 nitrogen and oxygen atoms in total. The number of nitrogens with two attached hydrogens (primary N) is 1. The minimum atomic E-state index is -4.40. The predicted molar refractivity (Wildman–Crippen MR) is 357 cm³/mol. The molecular formula is C73H122NO8P. The Bertz CT molecular complexity index is 1870. The van der Waals surface area contributed by atoms with Crippen molar-refractivity contribution in [1.82, 2.24) is 0 Å². The van der Waals surface area contributed by atoms with E-state index in [1.807, 2.05) is 0 Å². The summed E-state index contributed by atoms with van der Waals surface area (Å²) < 4.78 is 33.1. The van der Waals surface area contributed by atoms with Gasteiger partial charge in [0.05, 0.1) is 13.2 Å². The van der Waals surface area contributed by atoms with E-state index in [0.29, 0.717) is 6.42 Å². The predicted octanol–water partition coefficient (Wildman–Crippen LogP) is 21.9. The summed E-state index contributed by atoms with van der Waals surface area (Å²) in [6.07, 6.45) is 96.3. The summed E-state index contributed by atoms with van der Waals surface area (Å²) in [5.41, 5.74) is 5.40. The van der Waals surface area contributed by atoms with Gasteiger partial charge < -0.3 is 20.1 Å². The van der Waals surface area contributed by atoms with Gasteiger partial charge in [-0.05, 0) is 116 Å². The number of phosphoric acid groups is 1. The van der Waals surface area contributed by atoms with Crippen LogP contribution in [0.4, 0.5) is 0 Å². The van der Waals surface area contributed by atoms with Gasteiger partial charge in [0.1, 0.15) is 6.61 Å². The fourth-order valence-corrected chi connectivity index (χ4v) is 9.64. The number of ether oxygens (including phenoxy) is 2. The summed E-state index contributed by atoms with van der Waals surface area (Å²) >= 11 is 0. The molecule has 0 aliphatic carbocycles. The third-order valence-corrected chi connectivity index (χ3v) is 14.7. The molecule has 0 spiro atoms. The average molecular weight is 1170 g/mol. The maximum Gasteiger partial charge on any atom is 0.472 e. The molecule has 0 radical (unpaired) electrons. The van der Waals surface area contributed by atoms with Crippen LogP contribution < -0.4 is 5.73 Å². The van der Waals surface area contributed by atoms with Gasteiger partial charge in [0.25, 0.3) is 0 Å². The highest BCUT2D eigenvalue weighted by Crippen LogP contribution is 2.43. The number of carbonyl (C=O) groups is 2. The van der Waals surface area contributed by atoms with Crippen LogP contribution in [0.25, 0.3) is 0 Å². The lowest BCUT2D eigenvalue weighted by Crippen LogP contribution is -2.29. The van der Waals surface area contributed by atoms with Gasteiger partial charge in [0.2, 0.25) is 0 Å². The molecule has 2 unspecified atom stereocenters. The first kappa shape index (κ1) is 78.9. The molecule has 0 amide bonds. The van der Waals surface area contributed by atoms with Gasteiger partial charge in [0.15, 0.2) is 6.10 Å². The molecule has 0 aliphatic heterocycles. The highest BCUT2D eigenvalue weighted by Gasteiger charge is 2.26. The molecule has 10 heteroatoms. The first-order chi connectivity index (χ1) is 40.8. The second kappa shape index (κ2) is 67.0. The molecule has 0 aromatic rings. The highest BCUT2D eigenvalue weighted by atomic mass is 31.2. The van der Waals surface area contributed by atoms with E-state index in [0.717, 1.165) is 122 Å². The van der Waals surface area contributed by atoms with Crippen LogP contribution in [-0.2, 0) is 32.7 Å². The third-order valence-electron chi connectivity index (χ3n) is 13.7. The smallest absolute Gasteiger partial charge is 0.462 e. The van der Waals surface area contributed by atoms with Crippen LogP contribution in [0.1, 0.15) is 271 Å². The maximum absolute atomic E-state index is 12.8. The van der Waals surface area contributed by atoms with E-state index in [1.165, 1.54) is 116 Å². The number of rotatable bonds is 61. The largest absolute Gasteiger partial charge is 0.472 e. The lowest BCUT2D eigenvalue weighted by Gasteiger charge is -2.19. The quantitative estimate of drug-likeness (QED) is 0.0264. The van der Waals surface area contributed by atoms with Crippen molar-refractivity contribution >= 4 is 19.8 Å². The second-order valence-electron chi connectivity index (χ2n) is 21.6. The number of hydrogen-bond acceptors (Lipinski definition) is 8. The van der Waals surface area contributed by atoms with E-state index >= 15 is 0 Å². The molecule has 0 saturated carbocycles. The van der Waals surface area contributed by atoms with Gasteiger partial charge in [-0.25, -0.2) is 4.57 Å². The Labute approximate surface area is 509 Å². The molecule has 472 valence electrons. The van der Waals surface area contributed by atoms with Gasteiger partial charge in [-0.3, -0.25) is 18.6 Å². The van der Waals surface area contributed by atoms with E-state index in [-0.39, 0.29) is 38.6 Å². The van der Waals surface area contributed by atoms with Crippen molar-refractivity contribution in [2.75, 3.05) is 26.4 Å². The number of allylic oxidation sites excluding steroid dienone is 24. The normalized spacial score (nSPS) is 13.9. The molecule has 2 atom stereocenters. The van der Waals surface area contributed by atoms with E-state index < -0.39 is 26.5 Å². The third kappa shape index (κ3) is 66.9. The number of esters is 2. The topological polar surface area (TPSA) is 134 Å². The van der Waals surface area contributed by atoms with Gasteiger partial charge in [0, 0.05) is 19.4 Å². The van der Waals surface area contributed by atoms with Crippen LogP contribution in [0.5, 0.6) is 0 Å². The van der Waals surface area contributed by atoms with Crippen molar-refractivity contribution in [3.05, 3.63) is 146 Å². The molecule has 0 aromatic heterocycles. The molecule has 0 aromatic carbocycles. The lowest BCUT2D eigenvalue weighted by molar-refractivity contribution is -0.161. The standard InChI is InChI=1S/C73H122NO8P/c1-3-5-7-9-11-13-15-17-19-21-23-25-27-29-31-33-34-35-36-38-40-42-44-46-48-50-52-54-56-58-60-62-64-66-73(76)82-71(70-81-83(77,78)80-68-67-74)69-79-72(75)65-63-61-59-57-55-53-51-49-47-45-43-41-39-37-32-30-28-26-24-22-20-18-16-14-12-10-8-6-4-2/h5-8,11-14,17-20,23-26,29,31,34-35,38,40,44,46,71H,3-4,9-10,15-16,21-22,27-28,30,32-33,36-37,39,41-43,45,47-70,74H2,1-2H3,(H,77,78)/b7-5-,8-6-,13-11-,14-12-,19-17-,20-18-,25-23-,26-24-,31-29-,35-34-,40-38-,46-44-. The number of phosphoric ester groups is 1. The van der Waals surface area contributed by atoms with Gasteiger partial charge in [-0.15, -0.1) is 0 Å². The fraction of sp³-hybridized carbons (Fsp3) is 0.644. The molecule has 83 heavy (non-hydrogen) atoms. The maximum atomic E-state index is 12.8. The monoisotopic (exact) mass is 1170 g/mol. The van der Waals surface area contributed by atoms with Crippen LogP contribution in [0.3, 0.4) is 0 Å². The van der Waals surface area contributed by atoms with Gasteiger partial charge >= 0.3 is 19.8 Å². The van der Waals surface area contributed by atoms with Gasteiger partial charge in [-0.2, -0.15) is 0 Å². The molecule has 3 N–H and O–H groups in total. The van der Waals surface area contributed by atoms with Crippen LogP contribution in [-0.4, -0.2) is 49.3 Å². The molecule has 0 bridgehead atoms. The number of hydrogen-bond donors (Lipinski definition) is 2. The summed E-state index contributed by atoms with van der Waals surface area (Å²) in [5.74, 6) is -0.840. The van der Waals surface area contributed by atoms with Crippen molar-refractivity contribution in [2.24, 2.45) is 5.73 Å². The summed E-state index contributed by atoms with van der Waals surface area (Å²) in [4.78, 5) is 35.3. The minimum Gasteiger partial charge on any atom is -0.462 e. The van der Waals surface area contributed by atoms with Gasteiger partial charge in [-0.1, -0.05) is 288 Å². The Kier molecular flexibility index (Phi) is 63.7.